The van der Waals surface area contributed by atoms with E-state index in [9.17, 15) is 4.79 Å². The predicted octanol–water partition coefficient (Wildman–Crippen LogP) is 3.91. The van der Waals surface area contributed by atoms with Crippen LogP contribution in [0.1, 0.15) is 72.0 Å². The molecule has 0 fully saturated rings. The van der Waals surface area contributed by atoms with Crippen LogP contribution in [-0.2, 0) is 0 Å². The minimum absolute atomic E-state index is 0.0880. The van der Waals surface area contributed by atoms with Crippen molar-refractivity contribution in [3.8, 4) is 0 Å². The average molecular weight is 279 g/mol. The van der Waals surface area contributed by atoms with Gasteiger partial charge in [0, 0.05) is 18.5 Å². The molecule has 0 amide bonds. The largest absolute Gasteiger partial charge is 0.369 e. The molecular formula is C16H29N3O. The van der Waals surface area contributed by atoms with Crippen molar-refractivity contribution in [1.82, 2.24) is 9.97 Å². The Morgan fingerprint density at radius 1 is 1.35 bits per heavy atom. The van der Waals surface area contributed by atoms with Gasteiger partial charge >= 0.3 is 0 Å². The highest BCUT2D eigenvalue weighted by Gasteiger charge is 2.17. The zero-order valence-electron chi connectivity index (χ0n) is 13.5. The number of nitrogens with zero attached hydrogens (tertiary/aromatic N) is 1. The minimum atomic E-state index is -0.0880. The van der Waals surface area contributed by atoms with Crippen LogP contribution in [0.5, 0.6) is 0 Å². The van der Waals surface area contributed by atoms with Gasteiger partial charge in [-0.1, -0.05) is 53.9 Å². The maximum absolute atomic E-state index is 11.6. The van der Waals surface area contributed by atoms with Crippen LogP contribution in [0.2, 0.25) is 0 Å². The normalized spacial score (nSPS) is 11.9. The summed E-state index contributed by atoms with van der Waals surface area (Å²) in [7, 11) is 0. The van der Waals surface area contributed by atoms with E-state index < -0.39 is 0 Å². The van der Waals surface area contributed by atoms with Gasteiger partial charge in [0.2, 0.25) is 0 Å². The lowest BCUT2D eigenvalue weighted by molar-refractivity contribution is 0.342. The third-order valence-corrected chi connectivity index (χ3v) is 3.51. The predicted molar refractivity (Wildman–Crippen MR) is 85.4 cm³/mol. The summed E-state index contributed by atoms with van der Waals surface area (Å²) >= 11 is 0. The molecule has 0 aliphatic heterocycles. The molecule has 1 aromatic rings. The minimum Gasteiger partial charge on any atom is -0.369 e. The topological polar surface area (TPSA) is 57.8 Å². The zero-order chi connectivity index (χ0) is 15.2. The van der Waals surface area contributed by atoms with Crippen molar-refractivity contribution < 1.29 is 0 Å². The van der Waals surface area contributed by atoms with E-state index in [2.05, 4.69) is 36.1 Å². The van der Waals surface area contributed by atoms with E-state index >= 15 is 0 Å². The van der Waals surface area contributed by atoms with E-state index in [4.69, 9.17) is 0 Å². The monoisotopic (exact) mass is 279 g/mol. The molecule has 114 valence electrons. The Labute approximate surface area is 122 Å². The van der Waals surface area contributed by atoms with Crippen LogP contribution in [-0.4, -0.2) is 16.5 Å². The molecule has 0 radical (unpaired) electrons. The van der Waals surface area contributed by atoms with Gasteiger partial charge in [0.1, 0.15) is 11.6 Å². The summed E-state index contributed by atoms with van der Waals surface area (Å²) < 4.78 is 0. The molecule has 0 aliphatic rings. The summed E-state index contributed by atoms with van der Waals surface area (Å²) in [4.78, 5) is 18.9. The molecule has 0 bridgehead atoms. The van der Waals surface area contributed by atoms with Gasteiger partial charge in [-0.05, 0) is 11.8 Å². The first-order valence-electron chi connectivity index (χ1n) is 7.69. The lowest BCUT2D eigenvalue weighted by Crippen LogP contribution is -2.24. The number of nitrogens with one attached hydrogen (secondary N) is 2. The molecule has 0 saturated carbocycles. The Balaban J connectivity index is 2.62. The number of anilines is 1. The first kappa shape index (κ1) is 16.7. The van der Waals surface area contributed by atoms with Crippen LogP contribution in [0.25, 0.3) is 0 Å². The number of aromatic amines is 1. The van der Waals surface area contributed by atoms with Crippen LogP contribution in [0.3, 0.4) is 0 Å². The van der Waals surface area contributed by atoms with Gasteiger partial charge in [0.05, 0.1) is 0 Å². The summed E-state index contributed by atoms with van der Waals surface area (Å²) in [6.07, 6.45) is 4.97. The van der Waals surface area contributed by atoms with Crippen LogP contribution in [0, 0.1) is 5.41 Å². The third kappa shape index (κ3) is 5.76. The number of unbranched alkanes of at least 4 members (excludes halogenated alkanes) is 2. The SMILES string of the molecule is CCCCCC(C)(C)CNc1cc(=O)[nH]c(C(C)C)n1. The van der Waals surface area contributed by atoms with Crippen molar-refractivity contribution >= 4 is 5.82 Å². The average Bonchev–Trinajstić information content (AvgIpc) is 2.36. The molecule has 0 saturated heterocycles. The second kappa shape index (κ2) is 7.46. The first-order valence-corrected chi connectivity index (χ1v) is 7.69. The standard InChI is InChI=1S/C16H29N3O/c1-6-7-8-9-16(4,5)11-17-13-10-14(20)19-15(18-13)12(2)3/h10,12H,6-9,11H2,1-5H3,(H2,17,18,19,20). The quantitative estimate of drug-likeness (QED) is 0.709. The van der Waals surface area contributed by atoms with Crippen molar-refractivity contribution in [1.29, 1.82) is 0 Å². The number of hydrogen-bond acceptors (Lipinski definition) is 3. The molecule has 0 spiro atoms. The summed E-state index contributed by atoms with van der Waals surface area (Å²) in [5, 5.41) is 3.32. The second-order valence-electron chi connectivity index (χ2n) is 6.65. The molecule has 20 heavy (non-hydrogen) atoms. The number of rotatable bonds is 8. The molecule has 1 heterocycles. The van der Waals surface area contributed by atoms with Gasteiger partial charge in [-0.25, -0.2) is 4.98 Å². The molecule has 1 aromatic heterocycles. The molecule has 0 atom stereocenters. The molecule has 4 nitrogen and oxygen atoms in total. The van der Waals surface area contributed by atoms with Gasteiger partial charge in [-0.2, -0.15) is 0 Å². The highest BCUT2D eigenvalue weighted by molar-refractivity contribution is 5.33. The maximum Gasteiger partial charge on any atom is 0.252 e. The fourth-order valence-corrected chi connectivity index (χ4v) is 2.11. The van der Waals surface area contributed by atoms with E-state index in [0.29, 0.717) is 5.82 Å². The van der Waals surface area contributed by atoms with Gasteiger partial charge < -0.3 is 10.3 Å². The van der Waals surface area contributed by atoms with E-state index in [1.165, 1.54) is 31.7 Å². The lowest BCUT2D eigenvalue weighted by Gasteiger charge is -2.25. The van der Waals surface area contributed by atoms with E-state index in [1.54, 1.807) is 0 Å². The molecule has 0 aliphatic carbocycles. The summed E-state index contributed by atoms with van der Waals surface area (Å²) in [6, 6.07) is 1.54. The summed E-state index contributed by atoms with van der Waals surface area (Å²) in [6.45, 7) is 11.6. The Kier molecular flexibility index (Phi) is 6.24. The van der Waals surface area contributed by atoms with Crippen LogP contribution in [0.4, 0.5) is 5.82 Å². The molecule has 1 rings (SSSR count). The maximum atomic E-state index is 11.6. The lowest BCUT2D eigenvalue weighted by atomic mass is 9.87. The molecular weight excluding hydrogens is 250 g/mol. The molecule has 4 heteroatoms. The highest BCUT2D eigenvalue weighted by atomic mass is 16.1. The molecule has 0 aromatic carbocycles. The van der Waals surface area contributed by atoms with Crippen LogP contribution >= 0.6 is 0 Å². The van der Waals surface area contributed by atoms with Crippen molar-refractivity contribution in [2.24, 2.45) is 5.41 Å². The molecule has 2 N–H and O–H groups in total. The number of hydrogen-bond donors (Lipinski definition) is 2. The zero-order valence-corrected chi connectivity index (χ0v) is 13.5. The van der Waals surface area contributed by atoms with Gasteiger partial charge in [-0.3, -0.25) is 4.79 Å². The van der Waals surface area contributed by atoms with Gasteiger partial charge in [-0.15, -0.1) is 0 Å². The Bertz CT molecular complexity index is 463. The fraction of sp³-hybridized carbons (Fsp3) is 0.750. The Morgan fingerprint density at radius 2 is 2.05 bits per heavy atom. The van der Waals surface area contributed by atoms with E-state index in [1.807, 2.05) is 13.8 Å². The van der Waals surface area contributed by atoms with Crippen molar-refractivity contribution in [3.63, 3.8) is 0 Å². The fourth-order valence-electron chi connectivity index (χ4n) is 2.11. The smallest absolute Gasteiger partial charge is 0.252 e. The van der Waals surface area contributed by atoms with Crippen molar-refractivity contribution in [2.45, 2.75) is 66.2 Å². The highest BCUT2D eigenvalue weighted by Crippen LogP contribution is 2.24. The van der Waals surface area contributed by atoms with Gasteiger partial charge in [0.25, 0.3) is 5.56 Å². The van der Waals surface area contributed by atoms with Crippen molar-refractivity contribution in [3.05, 3.63) is 22.2 Å². The summed E-state index contributed by atoms with van der Waals surface area (Å²) in [5.74, 6) is 1.65. The number of aromatic nitrogens is 2. The second-order valence-corrected chi connectivity index (χ2v) is 6.65. The molecule has 0 unspecified atom stereocenters. The van der Waals surface area contributed by atoms with Gasteiger partial charge in [0.15, 0.2) is 0 Å². The van der Waals surface area contributed by atoms with E-state index in [-0.39, 0.29) is 16.9 Å². The van der Waals surface area contributed by atoms with Crippen LogP contribution in [0.15, 0.2) is 10.9 Å². The van der Waals surface area contributed by atoms with Crippen LogP contribution < -0.4 is 10.9 Å². The third-order valence-electron chi connectivity index (χ3n) is 3.51. The first-order chi connectivity index (χ1) is 9.34. The number of H-pyrrole nitrogens is 1. The van der Waals surface area contributed by atoms with E-state index in [0.717, 1.165) is 12.4 Å². The van der Waals surface area contributed by atoms with Crippen molar-refractivity contribution in [2.75, 3.05) is 11.9 Å². The Morgan fingerprint density at radius 3 is 2.65 bits per heavy atom. The Hall–Kier alpha value is -1.32. The summed E-state index contributed by atoms with van der Waals surface area (Å²) in [5.41, 5.74) is 0.132.